The average molecular weight is 155 g/mol. The largest absolute Gasteiger partial charge is 0.388 e. The molecule has 1 aliphatic carbocycles. The molecule has 2 heteroatoms. The molecule has 64 valence electrons. The Bertz CT molecular complexity index is 146. The summed E-state index contributed by atoms with van der Waals surface area (Å²) in [6.07, 6.45) is 4.42. The molecule has 1 saturated carbocycles. The Hall–Kier alpha value is -0.0800. The molecule has 2 aliphatic rings. The zero-order valence-corrected chi connectivity index (χ0v) is 7.14. The van der Waals surface area contributed by atoms with E-state index < -0.39 is 0 Å². The van der Waals surface area contributed by atoms with Gasteiger partial charge in [0.05, 0.1) is 5.60 Å². The van der Waals surface area contributed by atoms with Crippen LogP contribution in [0.25, 0.3) is 0 Å². The summed E-state index contributed by atoms with van der Waals surface area (Å²) in [5.41, 5.74) is -0.337. The lowest BCUT2D eigenvalue weighted by Crippen LogP contribution is -2.55. The molecule has 0 amide bonds. The minimum Gasteiger partial charge on any atom is -0.388 e. The number of nitrogens with one attached hydrogen (secondary N) is 1. The van der Waals surface area contributed by atoms with Gasteiger partial charge in [0.1, 0.15) is 0 Å². The molecular weight excluding hydrogens is 138 g/mol. The monoisotopic (exact) mass is 155 g/mol. The molecule has 2 nitrogen and oxygen atoms in total. The van der Waals surface area contributed by atoms with Crippen molar-refractivity contribution < 1.29 is 5.11 Å². The van der Waals surface area contributed by atoms with Crippen molar-refractivity contribution in [2.45, 2.75) is 44.2 Å². The summed E-state index contributed by atoms with van der Waals surface area (Å²) in [5.74, 6) is 0.738. The molecule has 0 radical (unpaired) electrons. The van der Waals surface area contributed by atoms with Crippen LogP contribution in [0.1, 0.15) is 32.6 Å². The van der Waals surface area contributed by atoms with E-state index in [1.54, 1.807) is 0 Å². The van der Waals surface area contributed by atoms with Crippen LogP contribution in [0, 0.1) is 5.92 Å². The van der Waals surface area contributed by atoms with Gasteiger partial charge in [0.2, 0.25) is 0 Å². The predicted molar refractivity (Wildman–Crippen MR) is 44.4 cm³/mol. The molecule has 0 aromatic carbocycles. The van der Waals surface area contributed by atoms with Crippen molar-refractivity contribution in [1.29, 1.82) is 0 Å². The summed E-state index contributed by atoms with van der Waals surface area (Å²) in [5, 5.41) is 13.4. The van der Waals surface area contributed by atoms with E-state index in [0.29, 0.717) is 6.04 Å². The maximum atomic E-state index is 10.0. The third-order valence-corrected chi connectivity index (χ3v) is 3.11. The Labute approximate surface area is 68.0 Å². The standard InChI is InChI=1S/C9H17NO/c1-7-5-9(11,6-7)8-3-2-4-10-8/h7-8,10-11H,2-6H2,1H3. The fourth-order valence-electron chi connectivity index (χ4n) is 2.57. The quantitative estimate of drug-likeness (QED) is 0.589. The lowest BCUT2D eigenvalue weighted by molar-refractivity contribution is -0.0911. The highest BCUT2D eigenvalue weighted by molar-refractivity contribution is 5.02. The zero-order valence-electron chi connectivity index (χ0n) is 7.14. The van der Waals surface area contributed by atoms with E-state index in [9.17, 15) is 5.11 Å². The summed E-state index contributed by atoms with van der Waals surface area (Å²) in [7, 11) is 0. The average Bonchev–Trinajstić information content (AvgIpc) is 2.34. The van der Waals surface area contributed by atoms with Gasteiger partial charge in [0.25, 0.3) is 0 Å². The van der Waals surface area contributed by atoms with Gasteiger partial charge in [0, 0.05) is 6.04 Å². The van der Waals surface area contributed by atoms with E-state index in [1.807, 2.05) is 0 Å². The van der Waals surface area contributed by atoms with Crippen LogP contribution in [0.3, 0.4) is 0 Å². The van der Waals surface area contributed by atoms with Crippen molar-refractivity contribution in [3.63, 3.8) is 0 Å². The summed E-state index contributed by atoms with van der Waals surface area (Å²) in [4.78, 5) is 0. The molecule has 1 unspecified atom stereocenters. The van der Waals surface area contributed by atoms with Crippen molar-refractivity contribution in [2.75, 3.05) is 6.54 Å². The number of hydrogen-bond acceptors (Lipinski definition) is 2. The first-order chi connectivity index (χ1) is 5.21. The van der Waals surface area contributed by atoms with E-state index in [2.05, 4.69) is 12.2 Å². The Morgan fingerprint density at radius 2 is 2.18 bits per heavy atom. The van der Waals surface area contributed by atoms with Crippen LogP contribution in [-0.2, 0) is 0 Å². The first kappa shape index (κ1) is 7.56. The van der Waals surface area contributed by atoms with Crippen molar-refractivity contribution in [1.82, 2.24) is 5.32 Å². The number of hydrogen-bond donors (Lipinski definition) is 2. The Morgan fingerprint density at radius 3 is 2.64 bits per heavy atom. The smallest absolute Gasteiger partial charge is 0.0805 e. The van der Waals surface area contributed by atoms with Crippen molar-refractivity contribution in [3.8, 4) is 0 Å². The van der Waals surface area contributed by atoms with E-state index in [4.69, 9.17) is 0 Å². The number of aliphatic hydroxyl groups is 1. The van der Waals surface area contributed by atoms with Gasteiger partial charge in [-0.05, 0) is 38.1 Å². The second kappa shape index (κ2) is 2.46. The third-order valence-electron chi connectivity index (χ3n) is 3.11. The third kappa shape index (κ3) is 1.18. The molecular formula is C9H17NO. The highest BCUT2D eigenvalue weighted by atomic mass is 16.3. The molecule has 0 aromatic rings. The van der Waals surface area contributed by atoms with E-state index >= 15 is 0 Å². The van der Waals surface area contributed by atoms with Crippen LogP contribution in [0.15, 0.2) is 0 Å². The highest BCUT2D eigenvalue weighted by Crippen LogP contribution is 2.41. The fourth-order valence-corrected chi connectivity index (χ4v) is 2.57. The molecule has 0 spiro atoms. The topological polar surface area (TPSA) is 32.3 Å². The molecule has 11 heavy (non-hydrogen) atoms. The van der Waals surface area contributed by atoms with Crippen LogP contribution >= 0.6 is 0 Å². The lowest BCUT2D eigenvalue weighted by Gasteiger charge is -2.46. The van der Waals surface area contributed by atoms with Crippen LogP contribution < -0.4 is 5.32 Å². The van der Waals surface area contributed by atoms with Crippen LogP contribution in [-0.4, -0.2) is 23.3 Å². The second-order valence-electron chi connectivity index (χ2n) is 4.27. The minimum absolute atomic E-state index is 0.337. The second-order valence-corrected chi connectivity index (χ2v) is 4.27. The maximum Gasteiger partial charge on any atom is 0.0805 e. The molecule has 2 fully saturated rings. The van der Waals surface area contributed by atoms with Crippen molar-refractivity contribution >= 4 is 0 Å². The normalized spacial score (nSPS) is 50.7. The lowest BCUT2D eigenvalue weighted by atomic mass is 9.67. The zero-order chi connectivity index (χ0) is 7.90. The summed E-state index contributed by atoms with van der Waals surface area (Å²) >= 11 is 0. The Balaban J connectivity index is 1.93. The molecule has 1 atom stereocenters. The van der Waals surface area contributed by atoms with Crippen LogP contribution in [0.5, 0.6) is 0 Å². The first-order valence-corrected chi connectivity index (χ1v) is 4.66. The molecule has 0 aromatic heterocycles. The van der Waals surface area contributed by atoms with Crippen molar-refractivity contribution in [3.05, 3.63) is 0 Å². The van der Waals surface area contributed by atoms with E-state index in [0.717, 1.165) is 25.3 Å². The van der Waals surface area contributed by atoms with E-state index in [1.165, 1.54) is 12.8 Å². The highest BCUT2D eigenvalue weighted by Gasteiger charge is 2.46. The van der Waals surface area contributed by atoms with Gasteiger partial charge in [-0.1, -0.05) is 6.92 Å². The first-order valence-electron chi connectivity index (χ1n) is 4.66. The van der Waals surface area contributed by atoms with Crippen molar-refractivity contribution in [2.24, 2.45) is 5.92 Å². The Kier molecular flexibility index (Phi) is 1.69. The molecule has 1 heterocycles. The van der Waals surface area contributed by atoms with Gasteiger partial charge in [-0.25, -0.2) is 0 Å². The minimum atomic E-state index is -0.337. The van der Waals surface area contributed by atoms with Crippen LogP contribution in [0.4, 0.5) is 0 Å². The van der Waals surface area contributed by atoms with E-state index in [-0.39, 0.29) is 5.60 Å². The maximum absolute atomic E-state index is 10.0. The van der Waals surface area contributed by atoms with Gasteiger partial charge < -0.3 is 10.4 Å². The molecule has 0 bridgehead atoms. The number of rotatable bonds is 1. The summed E-state index contributed by atoms with van der Waals surface area (Å²) < 4.78 is 0. The SMILES string of the molecule is CC1CC(O)(C2CCCN2)C1. The fraction of sp³-hybridized carbons (Fsp3) is 1.00. The van der Waals surface area contributed by atoms with Crippen LogP contribution in [0.2, 0.25) is 0 Å². The molecule has 1 aliphatic heterocycles. The van der Waals surface area contributed by atoms with Gasteiger partial charge in [-0.15, -0.1) is 0 Å². The van der Waals surface area contributed by atoms with Gasteiger partial charge in [-0.2, -0.15) is 0 Å². The van der Waals surface area contributed by atoms with Gasteiger partial charge in [-0.3, -0.25) is 0 Å². The summed E-state index contributed by atoms with van der Waals surface area (Å²) in [6.45, 7) is 3.31. The summed E-state index contributed by atoms with van der Waals surface area (Å²) in [6, 6.07) is 0.402. The Morgan fingerprint density at radius 1 is 1.45 bits per heavy atom. The predicted octanol–water partition coefficient (Wildman–Crippen LogP) is 0.899. The molecule has 2 N–H and O–H groups in total. The van der Waals surface area contributed by atoms with Gasteiger partial charge in [0.15, 0.2) is 0 Å². The van der Waals surface area contributed by atoms with Gasteiger partial charge >= 0.3 is 0 Å². The molecule has 1 saturated heterocycles. The molecule has 2 rings (SSSR count).